The zero-order valence-electron chi connectivity index (χ0n) is 13.1. The van der Waals surface area contributed by atoms with E-state index in [-0.39, 0.29) is 0 Å². The van der Waals surface area contributed by atoms with Gasteiger partial charge < -0.3 is 5.32 Å². The number of nitrogens with zero attached hydrogens (tertiary/aromatic N) is 2. The topological polar surface area (TPSA) is 53.6 Å². The third kappa shape index (κ3) is 3.09. The molecule has 1 heterocycles. The van der Waals surface area contributed by atoms with Crippen LogP contribution in [0.15, 0.2) is 24.3 Å². The molecule has 2 N–H and O–H groups in total. The van der Waals surface area contributed by atoms with Gasteiger partial charge >= 0.3 is 0 Å². The van der Waals surface area contributed by atoms with Crippen LogP contribution >= 0.6 is 0 Å². The summed E-state index contributed by atoms with van der Waals surface area (Å²) in [6, 6.07) is 8.87. The highest BCUT2D eigenvalue weighted by Gasteiger charge is 2.26. The first kappa shape index (κ1) is 14.1. The van der Waals surface area contributed by atoms with E-state index < -0.39 is 0 Å². The zero-order chi connectivity index (χ0) is 14.8. The highest BCUT2D eigenvalue weighted by Crippen LogP contribution is 2.33. The van der Waals surface area contributed by atoms with Crippen molar-refractivity contribution >= 4 is 5.69 Å². The summed E-state index contributed by atoms with van der Waals surface area (Å²) in [5, 5.41) is 11.0. The van der Waals surface area contributed by atoms with E-state index in [2.05, 4.69) is 52.5 Å². The summed E-state index contributed by atoms with van der Waals surface area (Å²) < 4.78 is 0. The molecule has 0 spiro atoms. The summed E-state index contributed by atoms with van der Waals surface area (Å²) in [5.74, 6) is 3.13. The molecular formula is C17H24N4. The quantitative estimate of drug-likeness (QED) is 0.895. The third-order valence-electron chi connectivity index (χ3n) is 4.56. The van der Waals surface area contributed by atoms with Crippen LogP contribution in [0, 0.1) is 18.8 Å². The molecule has 21 heavy (non-hydrogen) atoms. The normalized spacial score (nSPS) is 25.8. The fourth-order valence-electron chi connectivity index (χ4n) is 3.20. The Balaban J connectivity index is 1.85. The van der Waals surface area contributed by atoms with Gasteiger partial charge in [-0.3, -0.25) is 5.10 Å². The van der Waals surface area contributed by atoms with Gasteiger partial charge in [-0.25, -0.2) is 4.98 Å². The van der Waals surface area contributed by atoms with Gasteiger partial charge in [0.15, 0.2) is 5.82 Å². The second-order valence-electron chi connectivity index (χ2n) is 6.44. The predicted molar refractivity (Wildman–Crippen MR) is 86.1 cm³/mol. The number of para-hydroxylation sites is 1. The minimum atomic E-state index is 0.537. The van der Waals surface area contributed by atoms with Gasteiger partial charge in [-0.05, 0) is 43.7 Å². The smallest absolute Gasteiger partial charge is 0.183 e. The summed E-state index contributed by atoms with van der Waals surface area (Å²) >= 11 is 0. The molecule has 0 bridgehead atoms. The Hall–Kier alpha value is -1.84. The first-order valence-electron chi connectivity index (χ1n) is 7.88. The summed E-state index contributed by atoms with van der Waals surface area (Å²) in [6.45, 7) is 6.63. The van der Waals surface area contributed by atoms with Crippen LogP contribution < -0.4 is 5.32 Å². The number of benzene rings is 1. The minimum Gasteiger partial charge on any atom is -0.381 e. The van der Waals surface area contributed by atoms with Crippen LogP contribution in [0.4, 0.5) is 5.69 Å². The number of H-pyrrole nitrogens is 1. The molecular weight excluding hydrogens is 260 g/mol. The molecule has 1 saturated carbocycles. The lowest BCUT2D eigenvalue weighted by Gasteiger charge is -2.34. The first-order chi connectivity index (χ1) is 10.1. The molecule has 4 nitrogen and oxygen atoms in total. The van der Waals surface area contributed by atoms with Gasteiger partial charge in [0.1, 0.15) is 5.82 Å². The number of aromatic nitrogens is 3. The van der Waals surface area contributed by atoms with Crippen molar-refractivity contribution in [1.82, 2.24) is 15.2 Å². The summed E-state index contributed by atoms with van der Waals surface area (Å²) in [7, 11) is 0. The van der Waals surface area contributed by atoms with E-state index in [0.717, 1.165) is 28.8 Å². The molecule has 3 rings (SSSR count). The largest absolute Gasteiger partial charge is 0.381 e. The molecule has 3 atom stereocenters. The molecule has 1 aliphatic carbocycles. The van der Waals surface area contributed by atoms with E-state index >= 15 is 0 Å². The molecule has 2 aromatic rings. The third-order valence-corrected chi connectivity index (χ3v) is 4.56. The van der Waals surface area contributed by atoms with E-state index in [1.165, 1.54) is 19.3 Å². The van der Waals surface area contributed by atoms with Crippen molar-refractivity contribution in [3.63, 3.8) is 0 Å². The van der Waals surface area contributed by atoms with Crippen molar-refractivity contribution in [2.24, 2.45) is 11.8 Å². The van der Waals surface area contributed by atoms with E-state index in [9.17, 15) is 0 Å². The van der Waals surface area contributed by atoms with Gasteiger partial charge in [0.25, 0.3) is 0 Å². The lowest BCUT2D eigenvalue weighted by Crippen LogP contribution is -2.33. The highest BCUT2D eigenvalue weighted by atomic mass is 15.2. The summed E-state index contributed by atoms with van der Waals surface area (Å²) in [4.78, 5) is 4.46. The van der Waals surface area contributed by atoms with Gasteiger partial charge in [-0.2, -0.15) is 5.10 Å². The molecule has 3 unspecified atom stereocenters. The van der Waals surface area contributed by atoms with Crippen LogP contribution in [-0.2, 0) is 0 Å². The molecule has 1 aliphatic rings. The summed E-state index contributed by atoms with van der Waals surface area (Å²) in [6.07, 6.45) is 3.89. The average molecular weight is 284 g/mol. The number of rotatable bonds is 3. The van der Waals surface area contributed by atoms with E-state index in [4.69, 9.17) is 0 Å². The van der Waals surface area contributed by atoms with Crippen LogP contribution in [0.1, 0.15) is 38.9 Å². The molecule has 1 aromatic carbocycles. The molecule has 0 saturated heterocycles. The van der Waals surface area contributed by atoms with E-state index in [1.54, 1.807) is 0 Å². The van der Waals surface area contributed by atoms with Crippen molar-refractivity contribution < 1.29 is 0 Å². The van der Waals surface area contributed by atoms with Crippen LogP contribution in [-0.4, -0.2) is 21.2 Å². The molecule has 0 amide bonds. The van der Waals surface area contributed by atoms with Crippen LogP contribution in [0.2, 0.25) is 0 Å². The number of nitrogens with one attached hydrogen (secondary N) is 2. The van der Waals surface area contributed by atoms with Crippen LogP contribution in [0.5, 0.6) is 0 Å². The van der Waals surface area contributed by atoms with Gasteiger partial charge in [0, 0.05) is 17.3 Å². The van der Waals surface area contributed by atoms with Crippen molar-refractivity contribution in [3.8, 4) is 11.4 Å². The van der Waals surface area contributed by atoms with E-state index in [1.807, 2.05) is 13.0 Å². The lowest BCUT2D eigenvalue weighted by atomic mass is 9.80. The fourth-order valence-corrected chi connectivity index (χ4v) is 3.20. The highest BCUT2D eigenvalue weighted by molar-refractivity contribution is 5.73. The minimum absolute atomic E-state index is 0.537. The predicted octanol–water partition coefficient (Wildman–Crippen LogP) is 4.02. The first-order valence-corrected chi connectivity index (χ1v) is 7.88. The molecule has 0 aliphatic heterocycles. The van der Waals surface area contributed by atoms with Crippen molar-refractivity contribution in [3.05, 3.63) is 30.1 Å². The molecule has 1 fully saturated rings. The number of hydrogen-bond acceptors (Lipinski definition) is 3. The molecule has 1 aromatic heterocycles. The Bertz CT molecular complexity index is 604. The molecule has 112 valence electrons. The van der Waals surface area contributed by atoms with Crippen molar-refractivity contribution in [2.75, 3.05) is 5.32 Å². The van der Waals surface area contributed by atoms with Crippen molar-refractivity contribution in [1.29, 1.82) is 0 Å². The number of hydrogen-bond donors (Lipinski definition) is 2. The maximum Gasteiger partial charge on any atom is 0.183 e. The second kappa shape index (κ2) is 5.88. The Morgan fingerprint density at radius 2 is 2.00 bits per heavy atom. The summed E-state index contributed by atoms with van der Waals surface area (Å²) in [5.41, 5.74) is 2.22. The number of anilines is 1. The van der Waals surface area contributed by atoms with Crippen molar-refractivity contribution in [2.45, 2.75) is 46.1 Å². The molecule has 0 radical (unpaired) electrons. The Kier molecular flexibility index (Phi) is 3.95. The van der Waals surface area contributed by atoms with Gasteiger partial charge in [0.2, 0.25) is 0 Å². The lowest BCUT2D eigenvalue weighted by molar-refractivity contribution is 0.281. The number of aryl methyl sites for hydroxylation is 1. The van der Waals surface area contributed by atoms with Gasteiger partial charge in [0.05, 0.1) is 0 Å². The molecule has 4 heteroatoms. The SMILES string of the molecule is Cc1nc(-c2ccccc2NC2CC(C)CCC2C)n[nH]1. The van der Waals surface area contributed by atoms with Gasteiger partial charge in [-0.1, -0.05) is 32.4 Å². The maximum atomic E-state index is 4.46. The Morgan fingerprint density at radius 3 is 2.76 bits per heavy atom. The number of aromatic amines is 1. The fraction of sp³-hybridized carbons (Fsp3) is 0.529. The van der Waals surface area contributed by atoms with Crippen LogP contribution in [0.25, 0.3) is 11.4 Å². The second-order valence-corrected chi connectivity index (χ2v) is 6.44. The Labute approximate surface area is 126 Å². The zero-order valence-corrected chi connectivity index (χ0v) is 13.1. The monoisotopic (exact) mass is 284 g/mol. The Morgan fingerprint density at radius 1 is 1.19 bits per heavy atom. The van der Waals surface area contributed by atoms with Crippen LogP contribution in [0.3, 0.4) is 0 Å². The van der Waals surface area contributed by atoms with Gasteiger partial charge in [-0.15, -0.1) is 0 Å². The standard InChI is InChI=1S/C17H24N4/c1-11-8-9-12(2)16(10-11)19-15-7-5-4-6-14(15)17-18-13(3)20-21-17/h4-7,11-12,16,19H,8-10H2,1-3H3,(H,18,20,21). The van der Waals surface area contributed by atoms with E-state index in [0.29, 0.717) is 12.0 Å². The maximum absolute atomic E-state index is 4.46. The average Bonchev–Trinajstić information content (AvgIpc) is 2.90.